The predicted molar refractivity (Wildman–Crippen MR) is 74.1 cm³/mol. The van der Waals surface area contributed by atoms with Crippen LogP contribution in [-0.2, 0) is 6.54 Å². The Morgan fingerprint density at radius 3 is 2.95 bits per heavy atom. The summed E-state index contributed by atoms with van der Waals surface area (Å²) in [6.07, 6.45) is 1.46. The third-order valence-corrected chi connectivity index (χ3v) is 2.80. The zero-order chi connectivity index (χ0) is 14.5. The monoisotopic (exact) mass is 268 g/mol. The Balaban J connectivity index is 2.13. The van der Waals surface area contributed by atoms with E-state index >= 15 is 0 Å². The minimum atomic E-state index is -0.432. The number of nitro groups is 1. The number of nitriles is 1. The molecule has 20 heavy (non-hydrogen) atoms. The maximum Gasteiger partial charge on any atom is 0.277 e. The van der Waals surface area contributed by atoms with Crippen molar-refractivity contribution < 1.29 is 4.92 Å². The first-order valence-electron chi connectivity index (χ1n) is 5.94. The quantitative estimate of drug-likeness (QED) is 0.680. The fourth-order valence-electron chi connectivity index (χ4n) is 1.75. The van der Waals surface area contributed by atoms with E-state index in [2.05, 4.69) is 16.4 Å². The standard InChI is InChI=1S/C14H12N4O2/c1-10-8-16-14(6-13(10)18(19)20)17-9-12-4-2-3-11(5-12)7-15/h2-6,8H,9H2,1H3,(H,16,17). The Kier molecular flexibility index (Phi) is 3.91. The third-order valence-electron chi connectivity index (χ3n) is 2.80. The summed E-state index contributed by atoms with van der Waals surface area (Å²) in [4.78, 5) is 14.5. The van der Waals surface area contributed by atoms with Crippen LogP contribution >= 0.6 is 0 Å². The zero-order valence-electron chi connectivity index (χ0n) is 10.8. The first-order chi connectivity index (χ1) is 9.60. The molecule has 2 aromatic rings. The van der Waals surface area contributed by atoms with Gasteiger partial charge in [-0.05, 0) is 24.6 Å². The van der Waals surface area contributed by atoms with Crippen LogP contribution in [0.3, 0.4) is 0 Å². The van der Waals surface area contributed by atoms with Gasteiger partial charge in [0.25, 0.3) is 5.69 Å². The zero-order valence-corrected chi connectivity index (χ0v) is 10.8. The Morgan fingerprint density at radius 1 is 1.45 bits per heavy atom. The Hall–Kier alpha value is -2.94. The van der Waals surface area contributed by atoms with E-state index in [0.29, 0.717) is 23.5 Å². The van der Waals surface area contributed by atoms with Crippen LogP contribution in [0.1, 0.15) is 16.7 Å². The molecule has 2 rings (SSSR count). The fourth-order valence-corrected chi connectivity index (χ4v) is 1.75. The number of anilines is 1. The highest BCUT2D eigenvalue weighted by molar-refractivity contribution is 5.49. The van der Waals surface area contributed by atoms with Gasteiger partial charge in [-0.1, -0.05) is 12.1 Å². The summed E-state index contributed by atoms with van der Waals surface area (Å²) in [6.45, 7) is 2.09. The van der Waals surface area contributed by atoms with E-state index in [4.69, 9.17) is 5.26 Å². The topological polar surface area (TPSA) is 91.8 Å². The molecule has 0 radical (unpaired) electrons. The minimum absolute atomic E-state index is 0.0354. The van der Waals surface area contributed by atoms with Crippen molar-refractivity contribution in [3.05, 3.63) is 63.3 Å². The second kappa shape index (κ2) is 5.80. The van der Waals surface area contributed by atoms with Gasteiger partial charge in [0.15, 0.2) is 0 Å². The molecule has 0 aliphatic heterocycles. The van der Waals surface area contributed by atoms with Crippen molar-refractivity contribution in [2.24, 2.45) is 0 Å². The van der Waals surface area contributed by atoms with Crippen LogP contribution in [0.25, 0.3) is 0 Å². The molecule has 1 aromatic heterocycles. The van der Waals surface area contributed by atoms with Gasteiger partial charge in [-0.15, -0.1) is 0 Å². The summed E-state index contributed by atoms with van der Waals surface area (Å²) < 4.78 is 0. The maximum atomic E-state index is 10.8. The van der Waals surface area contributed by atoms with Crippen molar-refractivity contribution in [2.45, 2.75) is 13.5 Å². The van der Waals surface area contributed by atoms with Gasteiger partial charge in [0, 0.05) is 18.3 Å². The number of benzene rings is 1. The molecule has 1 N–H and O–H groups in total. The van der Waals surface area contributed by atoms with Gasteiger partial charge in [0.05, 0.1) is 22.6 Å². The van der Waals surface area contributed by atoms with Crippen molar-refractivity contribution >= 4 is 11.5 Å². The lowest BCUT2D eigenvalue weighted by Crippen LogP contribution is -2.03. The van der Waals surface area contributed by atoms with Crippen molar-refractivity contribution in [1.29, 1.82) is 5.26 Å². The van der Waals surface area contributed by atoms with Gasteiger partial charge >= 0.3 is 0 Å². The lowest BCUT2D eigenvalue weighted by atomic mass is 10.1. The molecule has 6 heteroatoms. The van der Waals surface area contributed by atoms with Crippen molar-refractivity contribution in [3.63, 3.8) is 0 Å². The number of hydrogen-bond donors (Lipinski definition) is 1. The number of pyridine rings is 1. The number of aromatic nitrogens is 1. The summed E-state index contributed by atoms with van der Waals surface area (Å²) in [7, 11) is 0. The highest BCUT2D eigenvalue weighted by Crippen LogP contribution is 2.20. The first-order valence-corrected chi connectivity index (χ1v) is 5.94. The summed E-state index contributed by atoms with van der Waals surface area (Å²) >= 11 is 0. The molecule has 0 aliphatic carbocycles. The molecule has 0 fully saturated rings. The summed E-state index contributed by atoms with van der Waals surface area (Å²) in [6, 6.07) is 10.6. The molecule has 0 aliphatic rings. The van der Waals surface area contributed by atoms with E-state index < -0.39 is 4.92 Å². The van der Waals surface area contributed by atoms with Gasteiger partial charge in [-0.25, -0.2) is 4.98 Å². The highest BCUT2D eigenvalue weighted by Gasteiger charge is 2.11. The van der Waals surface area contributed by atoms with Crippen LogP contribution in [0, 0.1) is 28.4 Å². The van der Waals surface area contributed by atoms with E-state index in [1.165, 1.54) is 12.3 Å². The van der Waals surface area contributed by atoms with E-state index in [1.54, 1.807) is 25.1 Å². The number of nitrogens with zero attached hydrogens (tertiary/aromatic N) is 3. The third kappa shape index (κ3) is 3.09. The normalized spacial score (nSPS) is 9.80. The molecule has 1 aromatic carbocycles. The second-order valence-electron chi connectivity index (χ2n) is 4.28. The van der Waals surface area contributed by atoms with E-state index in [9.17, 15) is 10.1 Å². The van der Waals surface area contributed by atoms with E-state index in [-0.39, 0.29) is 5.69 Å². The van der Waals surface area contributed by atoms with Crippen LogP contribution < -0.4 is 5.32 Å². The summed E-state index contributed by atoms with van der Waals surface area (Å²) in [5, 5.41) is 22.7. The predicted octanol–water partition coefficient (Wildman–Crippen LogP) is 2.78. The smallest absolute Gasteiger partial charge is 0.277 e. The van der Waals surface area contributed by atoms with Crippen molar-refractivity contribution in [3.8, 4) is 6.07 Å². The Labute approximate surface area is 115 Å². The molecule has 6 nitrogen and oxygen atoms in total. The molecule has 1 heterocycles. The van der Waals surface area contributed by atoms with Gasteiger partial charge in [-0.3, -0.25) is 10.1 Å². The van der Waals surface area contributed by atoms with E-state index in [0.717, 1.165) is 5.56 Å². The second-order valence-corrected chi connectivity index (χ2v) is 4.28. The SMILES string of the molecule is Cc1cnc(NCc2cccc(C#N)c2)cc1[N+](=O)[O-]. The lowest BCUT2D eigenvalue weighted by molar-refractivity contribution is -0.385. The van der Waals surface area contributed by atoms with Gasteiger partial charge in [0.2, 0.25) is 0 Å². The number of hydrogen-bond acceptors (Lipinski definition) is 5. The van der Waals surface area contributed by atoms with Crippen LogP contribution in [0.15, 0.2) is 36.5 Å². The highest BCUT2D eigenvalue weighted by atomic mass is 16.6. The lowest BCUT2D eigenvalue weighted by Gasteiger charge is -2.06. The van der Waals surface area contributed by atoms with Crippen LogP contribution in [0.2, 0.25) is 0 Å². The molecule has 0 saturated heterocycles. The Morgan fingerprint density at radius 2 is 2.25 bits per heavy atom. The number of rotatable bonds is 4. The number of aryl methyl sites for hydroxylation is 1. The summed E-state index contributed by atoms with van der Waals surface area (Å²) in [5.41, 5.74) is 2.04. The van der Waals surface area contributed by atoms with Gasteiger partial charge < -0.3 is 5.32 Å². The van der Waals surface area contributed by atoms with E-state index in [1.807, 2.05) is 6.07 Å². The molecule has 0 unspecified atom stereocenters. The Bertz CT molecular complexity index is 692. The minimum Gasteiger partial charge on any atom is -0.366 e. The molecule has 0 spiro atoms. The maximum absolute atomic E-state index is 10.8. The van der Waals surface area contributed by atoms with Crippen LogP contribution in [-0.4, -0.2) is 9.91 Å². The van der Waals surface area contributed by atoms with Crippen LogP contribution in [0.5, 0.6) is 0 Å². The first kappa shape index (κ1) is 13.5. The molecular formula is C14H12N4O2. The van der Waals surface area contributed by atoms with Gasteiger partial charge in [0.1, 0.15) is 5.82 Å². The van der Waals surface area contributed by atoms with Crippen molar-refractivity contribution in [1.82, 2.24) is 4.98 Å². The van der Waals surface area contributed by atoms with Gasteiger partial charge in [-0.2, -0.15) is 5.26 Å². The number of nitrogens with one attached hydrogen (secondary N) is 1. The molecule has 0 amide bonds. The molecule has 0 saturated carbocycles. The molecular weight excluding hydrogens is 256 g/mol. The van der Waals surface area contributed by atoms with Crippen molar-refractivity contribution in [2.75, 3.05) is 5.32 Å². The van der Waals surface area contributed by atoms with Crippen LogP contribution in [0.4, 0.5) is 11.5 Å². The summed E-state index contributed by atoms with van der Waals surface area (Å²) in [5.74, 6) is 0.435. The average Bonchev–Trinajstić information content (AvgIpc) is 2.46. The molecule has 0 atom stereocenters. The fraction of sp³-hybridized carbons (Fsp3) is 0.143. The molecule has 100 valence electrons. The average molecular weight is 268 g/mol. The largest absolute Gasteiger partial charge is 0.366 e. The molecule has 0 bridgehead atoms.